The fraction of sp³-hybridized carbons (Fsp3) is 0.727. The summed E-state index contributed by atoms with van der Waals surface area (Å²) in [5.74, 6) is -1.10. The smallest absolute Gasteiger partial charge is 0.480 e. The number of carboxylic acid groups (broad SMARTS) is 1. The third kappa shape index (κ3) is 15.0. The quantitative estimate of drug-likeness (QED) is 0.0823. The van der Waals surface area contributed by atoms with Crippen LogP contribution in [0.3, 0.4) is 0 Å². The summed E-state index contributed by atoms with van der Waals surface area (Å²) in [4.78, 5) is 25.4. The molecular formula is C11H27N6O6Si. The van der Waals surface area contributed by atoms with Gasteiger partial charge in [0.2, 0.25) is 0 Å². The molecule has 0 rings (SSSR count). The number of carboxylic acids is 1. The van der Waals surface area contributed by atoms with Crippen molar-refractivity contribution in [3.63, 3.8) is 0 Å². The minimum absolute atomic E-state index is 0.0340. The Morgan fingerprint density at radius 3 is 2.08 bits per heavy atom. The molecule has 0 spiro atoms. The fourth-order valence-corrected chi connectivity index (χ4v) is 1.73. The molecule has 0 aliphatic rings. The van der Waals surface area contributed by atoms with Crippen LogP contribution < -0.4 is 27.6 Å². The first-order valence-electron chi connectivity index (χ1n) is 6.82. The molecule has 1 radical (unpaired) electrons. The molecule has 1 atom stereocenters. The number of hydrazine groups is 1. The van der Waals surface area contributed by atoms with E-state index < -0.39 is 27.6 Å². The Bertz CT molecular complexity index is 373. The van der Waals surface area contributed by atoms with Crippen molar-refractivity contribution in [2.45, 2.75) is 18.9 Å². The fourth-order valence-electron chi connectivity index (χ4n) is 1.23. The van der Waals surface area contributed by atoms with Crippen molar-refractivity contribution in [2.24, 2.45) is 16.5 Å². The van der Waals surface area contributed by atoms with E-state index in [1.54, 1.807) is 21.3 Å². The standard InChI is InChI=1S/C8H18N6O3.C3H9O3Si/c1-11-8(17)14-13-5(6(15)16)3-2-4-12-7(9)10;1-4-7(5-2)6-3/h5,13H,2-4H2,1H3,(H,15,16)(H4,9,10,12)(H2,11,14,17);1-3H3. The second-order valence-corrected chi connectivity index (χ2v) is 5.78. The van der Waals surface area contributed by atoms with E-state index >= 15 is 0 Å². The van der Waals surface area contributed by atoms with Crippen LogP contribution in [0.5, 0.6) is 0 Å². The normalized spacial score (nSPS) is 11.0. The summed E-state index contributed by atoms with van der Waals surface area (Å²) >= 11 is 0. The van der Waals surface area contributed by atoms with Gasteiger partial charge in [-0.2, -0.15) is 0 Å². The maximum atomic E-state index is 10.8. The van der Waals surface area contributed by atoms with Crippen LogP contribution in [0.4, 0.5) is 4.79 Å². The monoisotopic (exact) mass is 367 g/mol. The Morgan fingerprint density at radius 2 is 1.75 bits per heavy atom. The number of hydrogen-bond donors (Lipinski definition) is 6. The van der Waals surface area contributed by atoms with Gasteiger partial charge in [0, 0.05) is 34.9 Å². The lowest BCUT2D eigenvalue weighted by molar-refractivity contribution is -0.139. The second-order valence-electron chi connectivity index (χ2n) is 4.05. The number of nitrogens with zero attached hydrogens (tertiary/aromatic N) is 1. The largest absolute Gasteiger partial charge is 0.576 e. The molecular weight excluding hydrogens is 340 g/mol. The first-order valence-corrected chi connectivity index (χ1v) is 8.05. The highest BCUT2D eigenvalue weighted by Gasteiger charge is 2.16. The number of carbonyl (C=O) groups is 2. The van der Waals surface area contributed by atoms with Crippen molar-refractivity contribution < 1.29 is 28.0 Å². The number of guanidine groups is 1. The molecule has 141 valence electrons. The van der Waals surface area contributed by atoms with Crippen LogP contribution in [-0.2, 0) is 18.1 Å². The van der Waals surface area contributed by atoms with E-state index in [4.69, 9.17) is 29.9 Å². The molecule has 0 aromatic carbocycles. The summed E-state index contributed by atoms with van der Waals surface area (Å²) in [5, 5.41) is 11.1. The number of urea groups is 1. The molecule has 24 heavy (non-hydrogen) atoms. The average Bonchev–Trinajstić information content (AvgIpc) is 2.55. The van der Waals surface area contributed by atoms with Gasteiger partial charge in [0.15, 0.2) is 5.96 Å². The third-order valence-electron chi connectivity index (χ3n) is 2.33. The molecule has 0 bridgehead atoms. The summed E-state index contributed by atoms with van der Waals surface area (Å²) in [6, 6.07) is -1.40. The number of nitrogens with one attached hydrogen (secondary N) is 3. The number of aliphatic carboxylic acids is 1. The van der Waals surface area contributed by atoms with Gasteiger partial charge in [0.25, 0.3) is 0 Å². The van der Waals surface area contributed by atoms with Gasteiger partial charge in [-0.05, 0) is 12.8 Å². The van der Waals surface area contributed by atoms with Crippen molar-refractivity contribution in [1.82, 2.24) is 16.2 Å². The van der Waals surface area contributed by atoms with Crippen molar-refractivity contribution in [1.29, 1.82) is 0 Å². The highest BCUT2D eigenvalue weighted by molar-refractivity contribution is 6.36. The summed E-state index contributed by atoms with van der Waals surface area (Å²) in [7, 11) is 4.73. The molecule has 8 N–H and O–H groups in total. The number of carbonyl (C=O) groups excluding carboxylic acids is 1. The molecule has 0 aromatic rings. The highest BCUT2D eigenvalue weighted by atomic mass is 28.3. The Kier molecular flexibility index (Phi) is 16.2. The Labute approximate surface area is 142 Å². The van der Waals surface area contributed by atoms with E-state index in [2.05, 4.69) is 21.2 Å². The summed E-state index contributed by atoms with van der Waals surface area (Å²) in [5.41, 5.74) is 14.8. The SMILES string of the molecule is CNC(=O)NNC(CCCN=C(N)N)C(=O)O.CO[Si](OC)OC. The van der Waals surface area contributed by atoms with Gasteiger partial charge in [-0.25, -0.2) is 10.2 Å². The summed E-state index contributed by atoms with van der Waals surface area (Å²) < 4.78 is 14.1. The molecule has 0 aliphatic carbocycles. The van der Waals surface area contributed by atoms with Crippen molar-refractivity contribution in [2.75, 3.05) is 34.9 Å². The molecule has 2 amide bonds. The average molecular weight is 367 g/mol. The van der Waals surface area contributed by atoms with Crippen LogP contribution in [0.1, 0.15) is 12.8 Å². The minimum Gasteiger partial charge on any atom is -0.480 e. The zero-order valence-corrected chi connectivity index (χ0v) is 15.3. The Morgan fingerprint density at radius 1 is 1.21 bits per heavy atom. The van der Waals surface area contributed by atoms with Gasteiger partial charge in [0.1, 0.15) is 6.04 Å². The summed E-state index contributed by atoms with van der Waals surface area (Å²) in [6.07, 6.45) is 0.771. The van der Waals surface area contributed by atoms with Gasteiger partial charge in [0.05, 0.1) is 0 Å². The molecule has 0 saturated heterocycles. The topological polar surface area (TPSA) is 183 Å². The van der Waals surface area contributed by atoms with E-state index in [1.165, 1.54) is 7.05 Å². The molecule has 1 unspecified atom stereocenters. The minimum atomic E-state index is -1.36. The summed E-state index contributed by atoms with van der Waals surface area (Å²) in [6.45, 7) is 0.341. The molecule has 0 heterocycles. The molecule has 0 aliphatic heterocycles. The lowest BCUT2D eigenvalue weighted by Gasteiger charge is -2.14. The maximum absolute atomic E-state index is 10.8. The van der Waals surface area contributed by atoms with Crippen LogP contribution in [0.15, 0.2) is 4.99 Å². The van der Waals surface area contributed by atoms with Gasteiger partial charge in [-0.15, -0.1) is 0 Å². The number of hydrogen-bond acceptors (Lipinski definition) is 7. The van der Waals surface area contributed by atoms with Crippen molar-refractivity contribution >= 4 is 27.5 Å². The molecule has 0 saturated carbocycles. The van der Waals surface area contributed by atoms with Gasteiger partial charge in [-0.3, -0.25) is 15.2 Å². The van der Waals surface area contributed by atoms with Crippen molar-refractivity contribution in [3.8, 4) is 0 Å². The molecule has 13 heteroatoms. The first-order chi connectivity index (χ1) is 11.3. The third-order valence-corrected chi connectivity index (χ3v) is 3.33. The zero-order valence-electron chi connectivity index (χ0n) is 14.3. The van der Waals surface area contributed by atoms with E-state index in [1.807, 2.05) is 0 Å². The zero-order chi connectivity index (χ0) is 19.0. The van der Waals surface area contributed by atoms with Crippen LogP contribution in [0.25, 0.3) is 0 Å². The first kappa shape index (κ1) is 24.3. The second kappa shape index (κ2) is 15.9. The Balaban J connectivity index is 0. The molecule has 0 fully saturated rings. The lowest BCUT2D eigenvalue weighted by atomic mass is 10.2. The van der Waals surface area contributed by atoms with Gasteiger partial charge >= 0.3 is 21.5 Å². The predicted octanol–water partition coefficient (Wildman–Crippen LogP) is -2.16. The lowest BCUT2D eigenvalue weighted by Crippen LogP contribution is -2.50. The van der Waals surface area contributed by atoms with Gasteiger partial charge in [-0.1, -0.05) is 0 Å². The molecule has 12 nitrogen and oxygen atoms in total. The molecule has 0 aromatic heterocycles. The van der Waals surface area contributed by atoms with Crippen LogP contribution >= 0.6 is 0 Å². The van der Waals surface area contributed by atoms with E-state index in [0.29, 0.717) is 13.0 Å². The number of aliphatic imine (C=N–C) groups is 1. The number of amides is 2. The van der Waals surface area contributed by atoms with E-state index in [9.17, 15) is 9.59 Å². The van der Waals surface area contributed by atoms with Gasteiger partial charge < -0.3 is 35.2 Å². The van der Waals surface area contributed by atoms with Crippen molar-refractivity contribution in [3.05, 3.63) is 0 Å². The van der Waals surface area contributed by atoms with Crippen LogP contribution in [0.2, 0.25) is 0 Å². The van der Waals surface area contributed by atoms with E-state index in [0.717, 1.165) is 0 Å². The highest BCUT2D eigenvalue weighted by Crippen LogP contribution is 1.97. The Hall–Kier alpha value is -1.93. The number of rotatable bonds is 10. The maximum Gasteiger partial charge on any atom is 0.576 e. The van der Waals surface area contributed by atoms with E-state index in [-0.39, 0.29) is 12.4 Å². The number of nitrogens with two attached hydrogens (primary N) is 2. The predicted molar refractivity (Wildman–Crippen MR) is 88.8 cm³/mol. The van der Waals surface area contributed by atoms with Crippen LogP contribution in [-0.4, -0.2) is 73.6 Å². The van der Waals surface area contributed by atoms with Crippen LogP contribution in [0, 0.1) is 0 Å².